The van der Waals surface area contributed by atoms with Crippen LogP contribution < -0.4 is 5.73 Å². The number of carbonyl (C=O) groups excluding carboxylic acids is 2. The number of carbonyl (C=O) groups is 2. The van der Waals surface area contributed by atoms with Crippen molar-refractivity contribution < 1.29 is 9.59 Å². The Morgan fingerprint density at radius 2 is 2.33 bits per heavy atom. The van der Waals surface area contributed by atoms with Crippen LogP contribution in [0.2, 0.25) is 0 Å². The lowest BCUT2D eigenvalue weighted by molar-refractivity contribution is 0.101. The summed E-state index contributed by atoms with van der Waals surface area (Å²) in [5, 5.41) is 0. The van der Waals surface area contributed by atoms with E-state index in [4.69, 9.17) is 5.73 Å². The number of hydrogen-bond donors (Lipinski definition) is 1. The first-order chi connectivity index (χ1) is 5.65. The highest BCUT2D eigenvalue weighted by Crippen LogP contribution is 2.09. The van der Waals surface area contributed by atoms with Gasteiger partial charge in [0.15, 0.2) is 12.1 Å². The average molecular weight is 164 g/mol. The highest BCUT2D eigenvalue weighted by atomic mass is 16.1. The molecule has 1 heterocycles. The van der Waals surface area contributed by atoms with Gasteiger partial charge in [0.1, 0.15) is 5.69 Å². The lowest BCUT2D eigenvalue weighted by Gasteiger charge is -1.98. The van der Waals surface area contributed by atoms with E-state index < -0.39 is 0 Å². The van der Waals surface area contributed by atoms with Gasteiger partial charge < -0.3 is 5.73 Å². The summed E-state index contributed by atoms with van der Waals surface area (Å²) in [5.74, 6) is -0.167. The molecule has 0 radical (unpaired) electrons. The van der Waals surface area contributed by atoms with E-state index >= 15 is 0 Å². The van der Waals surface area contributed by atoms with E-state index in [1.807, 2.05) is 0 Å². The summed E-state index contributed by atoms with van der Waals surface area (Å²) in [6, 6.07) is 1.39. The summed E-state index contributed by atoms with van der Waals surface area (Å²) in [7, 11) is 0. The van der Waals surface area contributed by atoms with E-state index in [1.54, 1.807) is 0 Å². The maximum Gasteiger partial charge on any atom is 0.178 e. The maximum atomic E-state index is 10.8. The molecule has 1 aromatic heterocycles. The largest absolute Gasteiger partial charge is 0.398 e. The highest BCUT2D eigenvalue weighted by molar-refractivity contribution is 5.94. The molecule has 2 N–H and O–H groups in total. The smallest absolute Gasteiger partial charge is 0.178 e. The third-order valence-corrected chi connectivity index (χ3v) is 1.46. The first kappa shape index (κ1) is 8.39. The molecule has 0 saturated carbocycles. The van der Waals surface area contributed by atoms with E-state index in [1.165, 1.54) is 19.2 Å². The van der Waals surface area contributed by atoms with E-state index in [-0.39, 0.29) is 17.2 Å². The molecule has 0 fully saturated rings. The molecule has 0 bridgehead atoms. The quantitative estimate of drug-likeness (QED) is 0.515. The van der Waals surface area contributed by atoms with Gasteiger partial charge in [0.05, 0.1) is 5.56 Å². The van der Waals surface area contributed by atoms with Crippen LogP contribution in [0.4, 0.5) is 5.69 Å². The number of aldehydes is 1. The average Bonchev–Trinajstić information content (AvgIpc) is 2.04. The van der Waals surface area contributed by atoms with Gasteiger partial charge in [0, 0.05) is 18.8 Å². The number of pyridine rings is 1. The zero-order valence-corrected chi connectivity index (χ0v) is 6.57. The van der Waals surface area contributed by atoms with Crippen LogP contribution in [0, 0.1) is 0 Å². The summed E-state index contributed by atoms with van der Waals surface area (Å²) in [4.78, 5) is 24.8. The van der Waals surface area contributed by atoms with Crippen molar-refractivity contribution in [2.24, 2.45) is 0 Å². The molecular formula is C8H8N2O2. The lowest BCUT2D eigenvalue weighted by atomic mass is 10.2. The summed E-state index contributed by atoms with van der Waals surface area (Å²) in [6.07, 6.45) is 1.89. The van der Waals surface area contributed by atoms with Gasteiger partial charge in [0.25, 0.3) is 0 Å². The van der Waals surface area contributed by atoms with Gasteiger partial charge in [-0.25, -0.2) is 0 Å². The lowest BCUT2D eigenvalue weighted by Crippen LogP contribution is -2.01. The Bertz CT molecular complexity index is 334. The maximum absolute atomic E-state index is 10.8. The zero-order valence-electron chi connectivity index (χ0n) is 6.57. The minimum Gasteiger partial charge on any atom is -0.398 e. The molecule has 0 unspecified atom stereocenters. The van der Waals surface area contributed by atoms with Crippen LogP contribution >= 0.6 is 0 Å². The number of Topliss-reactive ketones (excluding diaryl/α,β-unsaturated/α-hetero) is 1. The molecule has 1 rings (SSSR count). The van der Waals surface area contributed by atoms with Crippen molar-refractivity contribution in [1.29, 1.82) is 0 Å². The number of rotatable bonds is 2. The molecule has 0 aliphatic rings. The predicted octanol–water partition coefficient (Wildman–Crippen LogP) is 0.679. The monoisotopic (exact) mass is 164 g/mol. The van der Waals surface area contributed by atoms with Crippen molar-refractivity contribution in [3.8, 4) is 0 Å². The van der Waals surface area contributed by atoms with Crippen molar-refractivity contribution in [2.45, 2.75) is 6.92 Å². The van der Waals surface area contributed by atoms with Crippen molar-refractivity contribution in [2.75, 3.05) is 5.73 Å². The molecule has 0 aliphatic heterocycles. The summed E-state index contributed by atoms with van der Waals surface area (Å²) in [6.45, 7) is 1.39. The molecule has 0 aliphatic carbocycles. The topological polar surface area (TPSA) is 73.1 Å². The first-order valence-corrected chi connectivity index (χ1v) is 3.37. The predicted molar refractivity (Wildman–Crippen MR) is 44.0 cm³/mol. The van der Waals surface area contributed by atoms with Gasteiger partial charge in [-0.3, -0.25) is 14.6 Å². The SMILES string of the molecule is CC(=O)c1cc(N)c(C=O)cn1. The fourth-order valence-corrected chi connectivity index (χ4v) is 0.773. The van der Waals surface area contributed by atoms with Gasteiger partial charge in [0.2, 0.25) is 0 Å². The van der Waals surface area contributed by atoms with Crippen LogP contribution in [-0.2, 0) is 0 Å². The minimum atomic E-state index is -0.167. The number of anilines is 1. The summed E-state index contributed by atoms with van der Waals surface area (Å²) in [5.41, 5.74) is 6.31. The van der Waals surface area contributed by atoms with Crippen molar-refractivity contribution in [3.63, 3.8) is 0 Å². The van der Waals surface area contributed by atoms with E-state index in [0.717, 1.165) is 0 Å². The fourth-order valence-electron chi connectivity index (χ4n) is 0.773. The number of nitrogens with zero attached hydrogens (tertiary/aromatic N) is 1. The molecule has 0 spiro atoms. The number of nitrogens with two attached hydrogens (primary N) is 1. The third-order valence-electron chi connectivity index (χ3n) is 1.46. The molecule has 0 saturated heterocycles. The fraction of sp³-hybridized carbons (Fsp3) is 0.125. The second kappa shape index (κ2) is 3.13. The Hall–Kier alpha value is -1.71. The Morgan fingerprint density at radius 1 is 1.67 bits per heavy atom. The van der Waals surface area contributed by atoms with Gasteiger partial charge in [-0.15, -0.1) is 0 Å². The van der Waals surface area contributed by atoms with Gasteiger partial charge in [-0.1, -0.05) is 0 Å². The Kier molecular flexibility index (Phi) is 2.19. The molecule has 12 heavy (non-hydrogen) atoms. The second-order valence-electron chi connectivity index (χ2n) is 2.37. The Morgan fingerprint density at radius 3 is 2.75 bits per heavy atom. The number of aromatic nitrogens is 1. The molecule has 0 amide bonds. The molecule has 4 nitrogen and oxygen atoms in total. The second-order valence-corrected chi connectivity index (χ2v) is 2.37. The minimum absolute atomic E-state index is 0.167. The highest BCUT2D eigenvalue weighted by Gasteiger charge is 2.03. The Labute approximate surface area is 69.4 Å². The third kappa shape index (κ3) is 1.47. The van der Waals surface area contributed by atoms with Crippen LogP contribution in [-0.4, -0.2) is 17.1 Å². The summed E-state index contributed by atoms with van der Waals surface area (Å²) >= 11 is 0. The molecule has 4 heteroatoms. The van der Waals surface area contributed by atoms with E-state index in [2.05, 4.69) is 4.98 Å². The van der Waals surface area contributed by atoms with E-state index in [0.29, 0.717) is 11.8 Å². The van der Waals surface area contributed by atoms with Crippen molar-refractivity contribution >= 4 is 17.8 Å². The first-order valence-electron chi connectivity index (χ1n) is 3.37. The number of hydrogen-bond acceptors (Lipinski definition) is 4. The molecule has 62 valence electrons. The van der Waals surface area contributed by atoms with Crippen LogP contribution in [0.15, 0.2) is 12.3 Å². The van der Waals surface area contributed by atoms with Crippen LogP contribution in [0.1, 0.15) is 27.8 Å². The van der Waals surface area contributed by atoms with E-state index in [9.17, 15) is 9.59 Å². The number of nitrogen functional groups attached to an aromatic ring is 1. The molecule has 0 atom stereocenters. The van der Waals surface area contributed by atoms with Crippen LogP contribution in [0.3, 0.4) is 0 Å². The van der Waals surface area contributed by atoms with Gasteiger partial charge >= 0.3 is 0 Å². The van der Waals surface area contributed by atoms with Crippen molar-refractivity contribution in [1.82, 2.24) is 4.98 Å². The molecule has 0 aromatic carbocycles. The summed E-state index contributed by atoms with van der Waals surface area (Å²) < 4.78 is 0. The number of ketones is 1. The van der Waals surface area contributed by atoms with Gasteiger partial charge in [-0.05, 0) is 6.07 Å². The standard InChI is InChI=1S/C8H8N2O2/c1-5(12)8-2-7(9)6(4-11)3-10-8/h2-4H,1H3,(H2,9,10). The Balaban J connectivity index is 3.18. The zero-order chi connectivity index (χ0) is 9.14. The van der Waals surface area contributed by atoms with Crippen LogP contribution in [0.5, 0.6) is 0 Å². The molecular weight excluding hydrogens is 156 g/mol. The van der Waals surface area contributed by atoms with Gasteiger partial charge in [-0.2, -0.15) is 0 Å². The van der Waals surface area contributed by atoms with Crippen molar-refractivity contribution in [3.05, 3.63) is 23.5 Å². The normalized spacial score (nSPS) is 9.42. The molecule has 1 aromatic rings. The van der Waals surface area contributed by atoms with Crippen LogP contribution in [0.25, 0.3) is 0 Å².